The maximum Gasteiger partial charge on any atom is 0.147 e. The van der Waals surface area contributed by atoms with E-state index in [1.165, 1.54) is 6.07 Å². The Morgan fingerprint density at radius 1 is 1.56 bits per heavy atom. The fourth-order valence-corrected chi connectivity index (χ4v) is 1.73. The lowest BCUT2D eigenvalue weighted by molar-refractivity contribution is 0.187. The number of nitrogens with one attached hydrogen (secondary N) is 1. The molecule has 1 aliphatic rings. The zero-order valence-corrected chi connectivity index (χ0v) is 8.87. The van der Waals surface area contributed by atoms with Crippen LogP contribution >= 0.6 is 0 Å². The summed E-state index contributed by atoms with van der Waals surface area (Å²) in [6, 6.07) is 6.36. The molecule has 1 atom stereocenters. The third-order valence-electron chi connectivity index (χ3n) is 2.70. The van der Waals surface area contributed by atoms with Crippen molar-refractivity contribution < 1.29 is 9.13 Å². The molecule has 1 saturated heterocycles. The third kappa shape index (κ3) is 2.50. The van der Waals surface area contributed by atoms with Crippen LogP contribution in [0.4, 0.5) is 10.1 Å². The van der Waals surface area contributed by atoms with Gasteiger partial charge in [0.05, 0.1) is 23.9 Å². The van der Waals surface area contributed by atoms with Crippen molar-refractivity contribution in [1.29, 1.82) is 5.26 Å². The highest BCUT2D eigenvalue weighted by molar-refractivity contribution is 5.48. The van der Waals surface area contributed by atoms with Crippen molar-refractivity contribution in [3.8, 4) is 6.07 Å². The predicted octanol–water partition coefficient (Wildman–Crippen LogP) is 2.15. The van der Waals surface area contributed by atoms with Crippen LogP contribution in [0.2, 0.25) is 0 Å². The molecule has 2 rings (SSSR count). The van der Waals surface area contributed by atoms with Gasteiger partial charge in [0.25, 0.3) is 0 Å². The van der Waals surface area contributed by atoms with Crippen LogP contribution in [0.15, 0.2) is 18.2 Å². The molecule has 4 heteroatoms. The molecule has 1 N–H and O–H groups in total. The van der Waals surface area contributed by atoms with E-state index in [4.69, 9.17) is 10.00 Å². The Morgan fingerprint density at radius 3 is 3.06 bits per heavy atom. The van der Waals surface area contributed by atoms with Crippen LogP contribution in [-0.2, 0) is 4.74 Å². The maximum atomic E-state index is 13.5. The summed E-state index contributed by atoms with van der Waals surface area (Å²) in [5.74, 6) is 0.0769. The molecule has 16 heavy (non-hydrogen) atoms. The zero-order valence-electron chi connectivity index (χ0n) is 8.87. The summed E-state index contributed by atoms with van der Waals surface area (Å²) in [6.45, 7) is 2.25. The van der Waals surface area contributed by atoms with Crippen molar-refractivity contribution in [3.63, 3.8) is 0 Å². The summed E-state index contributed by atoms with van der Waals surface area (Å²) in [5, 5.41) is 11.6. The first kappa shape index (κ1) is 10.9. The molecule has 1 aromatic carbocycles. The van der Waals surface area contributed by atoms with E-state index in [1.807, 2.05) is 6.07 Å². The van der Waals surface area contributed by atoms with Crippen LogP contribution in [0.5, 0.6) is 0 Å². The summed E-state index contributed by atoms with van der Waals surface area (Å²) in [5.41, 5.74) is 0.790. The summed E-state index contributed by atoms with van der Waals surface area (Å²) < 4.78 is 18.7. The van der Waals surface area contributed by atoms with Gasteiger partial charge in [0.15, 0.2) is 0 Å². The van der Waals surface area contributed by atoms with Crippen molar-refractivity contribution in [2.75, 3.05) is 25.1 Å². The molecule has 84 valence electrons. The number of hydrogen-bond acceptors (Lipinski definition) is 3. The minimum atomic E-state index is -0.377. The summed E-state index contributed by atoms with van der Waals surface area (Å²) in [6.07, 6.45) is 1.02. The first-order valence-electron chi connectivity index (χ1n) is 5.31. The van der Waals surface area contributed by atoms with Gasteiger partial charge in [0.2, 0.25) is 0 Å². The molecule has 1 aliphatic heterocycles. The van der Waals surface area contributed by atoms with Gasteiger partial charge in [-0.05, 0) is 24.6 Å². The van der Waals surface area contributed by atoms with Crippen LogP contribution in [0.3, 0.4) is 0 Å². The van der Waals surface area contributed by atoms with Gasteiger partial charge in [-0.15, -0.1) is 0 Å². The second-order valence-corrected chi connectivity index (χ2v) is 3.92. The molecule has 0 radical (unpaired) electrons. The molecular weight excluding hydrogens is 207 g/mol. The van der Waals surface area contributed by atoms with Crippen molar-refractivity contribution in [2.45, 2.75) is 6.42 Å². The zero-order chi connectivity index (χ0) is 11.4. The average molecular weight is 220 g/mol. The summed E-state index contributed by atoms with van der Waals surface area (Å²) >= 11 is 0. The second-order valence-electron chi connectivity index (χ2n) is 3.92. The average Bonchev–Trinajstić information content (AvgIpc) is 2.80. The highest BCUT2D eigenvalue weighted by atomic mass is 19.1. The highest BCUT2D eigenvalue weighted by Gasteiger charge is 2.15. The quantitative estimate of drug-likeness (QED) is 0.848. The lowest BCUT2D eigenvalue weighted by Gasteiger charge is -2.11. The third-order valence-corrected chi connectivity index (χ3v) is 2.70. The van der Waals surface area contributed by atoms with Gasteiger partial charge in [0.1, 0.15) is 5.82 Å². The standard InChI is InChI=1S/C12H13FN2O/c13-11-5-9(6-14)1-2-12(11)15-7-10-3-4-16-8-10/h1-2,5,10,15H,3-4,7-8H2. The molecule has 1 fully saturated rings. The van der Waals surface area contributed by atoms with Gasteiger partial charge in [-0.25, -0.2) is 4.39 Å². The maximum absolute atomic E-state index is 13.5. The molecule has 3 nitrogen and oxygen atoms in total. The first-order valence-corrected chi connectivity index (χ1v) is 5.31. The Balaban J connectivity index is 1.96. The van der Waals surface area contributed by atoms with E-state index in [0.717, 1.165) is 19.6 Å². The molecular formula is C12H13FN2O. The highest BCUT2D eigenvalue weighted by Crippen LogP contribution is 2.18. The monoisotopic (exact) mass is 220 g/mol. The smallest absolute Gasteiger partial charge is 0.147 e. The summed E-state index contributed by atoms with van der Waals surface area (Å²) in [7, 11) is 0. The van der Waals surface area contributed by atoms with Crippen molar-refractivity contribution in [3.05, 3.63) is 29.6 Å². The van der Waals surface area contributed by atoms with E-state index < -0.39 is 0 Å². The molecule has 0 bridgehead atoms. The van der Waals surface area contributed by atoms with Crippen LogP contribution in [-0.4, -0.2) is 19.8 Å². The summed E-state index contributed by atoms with van der Waals surface area (Å²) in [4.78, 5) is 0. The van der Waals surface area contributed by atoms with E-state index >= 15 is 0 Å². The molecule has 0 aromatic heterocycles. The van der Waals surface area contributed by atoms with E-state index in [2.05, 4.69) is 5.32 Å². The van der Waals surface area contributed by atoms with Crippen LogP contribution in [0, 0.1) is 23.1 Å². The van der Waals surface area contributed by atoms with Crippen molar-refractivity contribution in [2.24, 2.45) is 5.92 Å². The number of benzene rings is 1. The first-order chi connectivity index (χ1) is 7.79. The van der Waals surface area contributed by atoms with Gasteiger partial charge in [-0.1, -0.05) is 0 Å². The van der Waals surface area contributed by atoms with Gasteiger partial charge in [-0.2, -0.15) is 5.26 Å². The molecule has 0 spiro atoms. The van der Waals surface area contributed by atoms with Crippen molar-refractivity contribution >= 4 is 5.69 Å². The Bertz CT molecular complexity index is 408. The lowest BCUT2D eigenvalue weighted by atomic mass is 10.1. The fraction of sp³-hybridized carbons (Fsp3) is 0.417. The Morgan fingerprint density at radius 2 is 2.44 bits per heavy atom. The number of nitrogens with zero attached hydrogens (tertiary/aromatic N) is 1. The topological polar surface area (TPSA) is 45.0 Å². The minimum absolute atomic E-state index is 0.340. The molecule has 0 amide bonds. The molecule has 1 aromatic rings. The van der Waals surface area contributed by atoms with E-state index in [1.54, 1.807) is 12.1 Å². The SMILES string of the molecule is N#Cc1ccc(NCC2CCOC2)c(F)c1. The Hall–Kier alpha value is -1.60. The van der Waals surface area contributed by atoms with Gasteiger partial charge < -0.3 is 10.1 Å². The number of nitriles is 1. The van der Waals surface area contributed by atoms with Crippen LogP contribution < -0.4 is 5.32 Å². The number of anilines is 1. The normalized spacial score (nSPS) is 19.4. The Kier molecular flexibility index (Phi) is 3.37. The molecule has 0 aliphatic carbocycles. The largest absolute Gasteiger partial charge is 0.382 e. The Labute approximate surface area is 93.8 Å². The number of halogens is 1. The fourth-order valence-electron chi connectivity index (χ4n) is 1.73. The lowest BCUT2D eigenvalue weighted by Crippen LogP contribution is -2.14. The van der Waals surface area contributed by atoms with Crippen molar-refractivity contribution in [1.82, 2.24) is 0 Å². The second kappa shape index (κ2) is 4.95. The van der Waals surface area contributed by atoms with E-state index in [9.17, 15) is 4.39 Å². The minimum Gasteiger partial charge on any atom is -0.382 e. The molecule has 1 unspecified atom stereocenters. The van der Waals surface area contributed by atoms with Gasteiger partial charge in [-0.3, -0.25) is 0 Å². The predicted molar refractivity (Wildman–Crippen MR) is 58.5 cm³/mol. The molecule has 0 saturated carbocycles. The van der Waals surface area contributed by atoms with Crippen LogP contribution in [0.25, 0.3) is 0 Å². The molecule has 1 heterocycles. The van der Waals surface area contributed by atoms with Gasteiger partial charge >= 0.3 is 0 Å². The van der Waals surface area contributed by atoms with E-state index in [-0.39, 0.29) is 5.82 Å². The number of hydrogen-bond donors (Lipinski definition) is 1. The van der Waals surface area contributed by atoms with E-state index in [0.29, 0.717) is 23.7 Å². The van der Waals surface area contributed by atoms with Gasteiger partial charge in [0, 0.05) is 19.1 Å². The number of rotatable bonds is 3. The van der Waals surface area contributed by atoms with Crippen LogP contribution in [0.1, 0.15) is 12.0 Å². The number of ether oxygens (including phenoxy) is 1.